The molecule has 0 spiro atoms. The molecule has 2 rings (SSSR count). The highest BCUT2D eigenvalue weighted by molar-refractivity contribution is 5.94. The summed E-state index contributed by atoms with van der Waals surface area (Å²) in [6.07, 6.45) is -3.89. The van der Waals surface area contributed by atoms with Crippen LogP contribution in [0, 0.1) is 5.82 Å². The molecular formula is C11H5F4NO3. The Bertz CT molecular complexity index is 633. The number of alkyl halides is 3. The fourth-order valence-corrected chi connectivity index (χ4v) is 1.46. The Morgan fingerprint density at radius 1 is 1.32 bits per heavy atom. The molecule has 2 aromatic rings. The highest BCUT2D eigenvalue weighted by atomic mass is 19.4. The maximum atomic E-state index is 13.5. The van der Waals surface area contributed by atoms with Crippen LogP contribution in [-0.4, -0.2) is 16.2 Å². The zero-order valence-corrected chi connectivity index (χ0v) is 9.03. The summed E-state index contributed by atoms with van der Waals surface area (Å²) in [5.74, 6) is -3.07. The van der Waals surface area contributed by atoms with Gasteiger partial charge in [0, 0.05) is 0 Å². The summed E-state index contributed by atoms with van der Waals surface area (Å²) in [6, 6.07) is 1.62. The summed E-state index contributed by atoms with van der Waals surface area (Å²) >= 11 is 0. The molecule has 0 amide bonds. The van der Waals surface area contributed by atoms with E-state index in [1.807, 2.05) is 0 Å². The van der Waals surface area contributed by atoms with Crippen molar-refractivity contribution in [3.63, 3.8) is 0 Å². The van der Waals surface area contributed by atoms with E-state index in [-0.39, 0.29) is 0 Å². The van der Waals surface area contributed by atoms with Crippen molar-refractivity contribution in [2.75, 3.05) is 0 Å². The van der Waals surface area contributed by atoms with Crippen molar-refractivity contribution in [2.45, 2.75) is 6.18 Å². The largest absolute Gasteiger partial charge is 0.477 e. The molecule has 0 radical (unpaired) electrons. The van der Waals surface area contributed by atoms with E-state index in [0.29, 0.717) is 18.2 Å². The number of aromatic carboxylic acids is 1. The molecule has 0 saturated carbocycles. The fraction of sp³-hybridized carbons (Fsp3) is 0.0909. The number of benzene rings is 1. The SMILES string of the molecule is O=C(O)c1cnoc1-c1cc(C(F)(F)F)ccc1F. The zero-order valence-electron chi connectivity index (χ0n) is 9.03. The average molecular weight is 275 g/mol. The topological polar surface area (TPSA) is 63.3 Å². The molecule has 100 valence electrons. The van der Waals surface area contributed by atoms with Gasteiger partial charge in [0.15, 0.2) is 5.76 Å². The summed E-state index contributed by atoms with van der Waals surface area (Å²) in [4.78, 5) is 10.8. The van der Waals surface area contributed by atoms with Gasteiger partial charge >= 0.3 is 12.1 Å². The van der Waals surface area contributed by atoms with Crippen molar-refractivity contribution >= 4 is 5.97 Å². The number of nitrogens with zero attached hydrogens (tertiary/aromatic N) is 1. The van der Waals surface area contributed by atoms with Gasteiger partial charge in [0.05, 0.1) is 17.3 Å². The van der Waals surface area contributed by atoms with Gasteiger partial charge in [-0.25, -0.2) is 9.18 Å². The number of carboxylic acid groups (broad SMARTS) is 1. The van der Waals surface area contributed by atoms with Crippen molar-refractivity contribution < 1.29 is 32.0 Å². The van der Waals surface area contributed by atoms with Gasteiger partial charge in [0.25, 0.3) is 0 Å². The second-order valence-corrected chi connectivity index (χ2v) is 3.57. The van der Waals surface area contributed by atoms with Crippen LogP contribution in [0.5, 0.6) is 0 Å². The minimum absolute atomic E-state index is 0.474. The molecule has 0 aliphatic rings. The second kappa shape index (κ2) is 4.38. The molecule has 1 heterocycles. The van der Waals surface area contributed by atoms with Crippen molar-refractivity contribution in [3.05, 3.63) is 41.3 Å². The maximum absolute atomic E-state index is 13.5. The summed E-state index contributed by atoms with van der Waals surface area (Å²) in [5.41, 5.74) is -2.24. The number of aromatic nitrogens is 1. The Kier molecular flexibility index (Phi) is 3.01. The summed E-state index contributed by atoms with van der Waals surface area (Å²) in [6.45, 7) is 0. The van der Waals surface area contributed by atoms with E-state index >= 15 is 0 Å². The van der Waals surface area contributed by atoms with Crippen LogP contribution in [0.4, 0.5) is 17.6 Å². The number of carbonyl (C=O) groups is 1. The Labute approximate surface area is 103 Å². The van der Waals surface area contributed by atoms with Crippen LogP contribution in [0.3, 0.4) is 0 Å². The molecule has 1 N–H and O–H groups in total. The van der Waals surface area contributed by atoms with Crippen molar-refractivity contribution in [3.8, 4) is 11.3 Å². The second-order valence-electron chi connectivity index (χ2n) is 3.57. The van der Waals surface area contributed by atoms with E-state index in [9.17, 15) is 22.4 Å². The third kappa shape index (κ3) is 2.42. The standard InChI is InChI=1S/C11H5F4NO3/c12-8-2-1-5(11(13,14)15)3-6(8)9-7(10(17)18)4-16-19-9/h1-4H,(H,17,18). The molecule has 8 heteroatoms. The van der Waals surface area contributed by atoms with Gasteiger partial charge in [-0.15, -0.1) is 0 Å². The molecular weight excluding hydrogens is 270 g/mol. The van der Waals surface area contributed by atoms with E-state index in [2.05, 4.69) is 9.68 Å². The average Bonchev–Trinajstić information content (AvgIpc) is 2.76. The van der Waals surface area contributed by atoms with Crippen molar-refractivity contribution in [1.82, 2.24) is 5.16 Å². The first kappa shape index (κ1) is 13.1. The van der Waals surface area contributed by atoms with Crippen LogP contribution in [0.2, 0.25) is 0 Å². The van der Waals surface area contributed by atoms with Crippen LogP contribution >= 0.6 is 0 Å². The van der Waals surface area contributed by atoms with E-state index in [1.165, 1.54) is 0 Å². The molecule has 1 aromatic carbocycles. The van der Waals surface area contributed by atoms with Gasteiger partial charge in [-0.1, -0.05) is 5.16 Å². The van der Waals surface area contributed by atoms with E-state index in [1.54, 1.807) is 0 Å². The minimum atomic E-state index is -4.67. The maximum Gasteiger partial charge on any atom is 0.416 e. The van der Waals surface area contributed by atoms with E-state index in [0.717, 1.165) is 6.20 Å². The Balaban J connectivity index is 2.62. The predicted molar refractivity (Wildman–Crippen MR) is 53.9 cm³/mol. The molecule has 0 saturated heterocycles. The number of carboxylic acids is 1. The monoisotopic (exact) mass is 275 g/mol. The first-order valence-electron chi connectivity index (χ1n) is 4.86. The summed E-state index contributed by atoms with van der Waals surface area (Å²) in [7, 11) is 0. The predicted octanol–water partition coefficient (Wildman–Crippen LogP) is 3.20. The van der Waals surface area contributed by atoms with Crippen LogP contribution in [0.15, 0.2) is 28.9 Å². The first-order chi connectivity index (χ1) is 8.80. The molecule has 0 atom stereocenters. The first-order valence-corrected chi connectivity index (χ1v) is 4.86. The van der Waals surface area contributed by atoms with Gasteiger partial charge in [0.2, 0.25) is 0 Å². The third-order valence-electron chi connectivity index (χ3n) is 2.34. The molecule has 0 fully saturated rings. The number of halogens is 4. The van der Waals surface area contributed by atoms with Gasteiger partial charge in [-0.2, -0.15) is 13.2 Å². The summed E-state index contributed by atoms with van der Waals surface area (Å²) in [5, 5.41) is 11.9. The molecule has 4 nitrogen and oxygen atoms in total. The molecule has 0 aliphatic carbocycles. The normalized spacial score (nSPS) is 11.6. The van der Waals surface area contributed by atoms with Gasteiger partial charge in [0.1, 0.15) is 11.4 Å². The van der Waals surface area contributed by atoms with Crippen LogP contribution in [0.25, 0.3) is 11.3 Å². The van der Waals surface area contributed by atoms with Crippen molar-refractivity contribution in [1.29, 1.82) is 0 Å². The molecule has 0 unspecified atom stereocenters. The van der Waals surface area contributed by atoms with Crippen LogP contribution in [-0.2, 0) is 6.18 Å². The summed E-state index contributed by atoms with van der Waals surface area (Å²) < 4.78 is 55.6. The number of hydrogen-bond donors (Lipinski definition) is 1. The van der Waals surface area contributed by atoms with Crippen LogP contribution < -0.4 is 0 Å². The minimum Gasteiger partial charge on any atom is -0.477 e. The molecule has 19 heavy (non-hydrogen) atoms. The van der Waals surface area contributed by atoms with Crippen LogP contribution in [0.1, 0.15) is 15.9 Å². The molecule has 0 bridgehead atoms. The molecule has 0 aliphatic heterocycles. The van der Waals surface area contributed by atoms with E-state index < -0.39 is 40.4 Å². The lowest BCUT2D eigenvalue weighted by atomic mass is 10.0. The quantitative estimate of drug-likeness (QED) is 0.855. The zero-order chi connectivity index (χ0) is 14.2. The fourth-order valence-electron chi connectivity index (χ4n) is 1.46. The number of rotatable bonds is 2. The highest BCUT2D eigenvalue weighted by Gasteiger charge is 2.32. The Morgan fingerprint density at radius 2 is 2.00 bits per heavy atom. The Morgan fingerprint density at radius 3 is 2.58 bits per heavy atom. The van der Waals surface area contributed by atoms with Gasteiger partial charge in [-0.3, -0.25) is 0 Å². The van der Waals surface area contributed by atoms with Crippen molar-refractivity contribution in [2.24, 2.45) is 0 Å². The third-order valence-corrected chi connectivity index (χ3v) is 2.34. The highest BCUT2D eigenvalue weighted by Crippen LogP contribution is 2.34. The van der Waals surface area contributed by atoms with Gasteiger partial charge < -0.3 is 9.63 Å². The number of hydrogen-bond acceptors (Lipinski definition) is 3. The lowest BCUT2D eigenvalue weighted by Crippen LogP contribution is -2.06. The van der Waals surface area contributed by atoms with Gasteiger partial charge in [-0.05, 0) is 18.2 Å². The van der Waals surface area contributed by atoms with E-state index in [4.69, 9.17) is 5.11 Å². The molecule has 1 aromatic heterocycles. The smallest absolute Gasteiger partial charge is 0.416 e. The lowest BCUT2D eigenvalue weighted by molar-refractivity contribution is -0.137. The lowest BCUT2D eigenvalue weighted by Gasteiger charge is -2.08. The Hall–Kier alpha value is -2.38.